The van der Waals surface area contributed by atoms with Crippen LogP contribution >= 0.6 is 35.7 Å². The van der Waals surface area contributed by atoms with Gasteiger partial charge < -0.3 is 14.4 Å². The number of ether oxygens (including phenoxy) is 2. The van der Waals surface area contributed by atoms with Gasteiger partial charge in [-0.3, -0.25) is 0 Å². The number of hydrogen-bond donors (Lipinski definition) is 0. The van der Waals surface area contributed by atoms with Gasteiger partial charge in [0.2, 0.25) is 0 Å². The maximum atomic E-state index is 13.2. The molecule has 0 saturated heterocycles. The van der Waals surface area contributed by atoms with E-state index in [2.05, 4.69) is 4.99 Å². The first-order valence-electron chi connectivity index (χ1n) is 10.1. The fourth-order valence-electron chi connectivity index (χ4n) is 3.20. The summed E-state index contributed by atoms with van der Waals surface area (Å²) in [5.74, 6) is 1.51. The predicted molar refractivity (Wildman–Crippen MR) is 143 cm³/mol. The van der Waals surface area contributed by atoms with Crippen molar-refractivity contribution in [1.29, 1.82) is 0 Å². The molecule has 3 aromatic rings. The van der Waals surface area contributed by atoms with Gasteiger partial charge in [0.25, 0.3) is 0 Å². The molecule has 0 aliphatic carbocycles. The van der Waals surface area contributed by atoms with E-state index < -0.39 is 11.7 Å². The molecule has 4 nitrogen and oxygen atoms in total. The van der Waals surface area contributed by atoms with E-state index in [1.165, 1.54) is 17.8 Å². The molecule has 0 radical (unpaired) electrons. The highest BCUT2D eigenvalue weighted by molar-refractivity contribution is 14.0. The van der Waals surface area contributed by atoms with E-state index in [0.717, 1.165) is 34.8 Å². The van der Waals surface area contributed by atoms with Crippen LogP contribution in [0.15, 0.2) is 77.8 Å². The quantitative estimate of drug-likeness (QED) is 0.161. The number of halogens is 4. The van der Waals surface area contributed by atoms with Crippen molar-refractivity contribution in [3.05, 3.63) is 89.5 Å². The predicted octanol–water partition coefficient (Wildman–Crippen LogP) is 7.39. The molecule has 0 aliphatic rings. The first-order chi connectivity index (χ1) is 15.8. The van der Waals surface area contributed by atoms with Crippen molar-refractivity contribution >= 4 is 46.6 Å². The summed E-state index contributed by atoms with van der Waals surface area (Å²) in [5.41, 5.74) is 1.58. The Balaban J connectivity index is 0.00000408. The Bertz CT molecular complexity index is 1030. The number of aliphatic imine (C=N–C) groups is 1. The molecule has 9 heteroatoms. The molecule has 0 aromatic heterocycles. The normalized spacial score (nSPS) is 11.5. The second-order valence-electron chi connectivity index (χ2n) is 7.20. The number of benzene rings is 3. The Labute approximate surface area is 219 Å². The lowest BCUT2D eigenvalue weighted by atomic mass is 10.1. The van der Waals surface area contributed by atoms with Gasteiger partial charge in [0, 0.05) is 13.1 Å². The number of alkyl halides is 3. The standard InChI is InChI=1S/C25H25F3N2O2S.HI/c1-31-22-11-7-18(8-12-22)16-30(17-19-9-13-23(32-2)14-10-19)24(33-3)29-21-6-4-5-20(15-21)25(26,27)28;/h4-15H,16-17H2,1-3H3;1H. The highest BCUT2D eigenvalue weighted by Gasteiger charge is 2.30. The SMILES string of the molecule is COc1ccc(CN(Cc2ccc(OC)cc2)C(=Nc2cccc(C(F)(F)F)c2)SC)cc1.I. The Kier molecular flexibility index (Phi) is 10.6. The molecule has 0 amide bonds. The zero-order chi connectivity index (χ0) is 23.8. The fourth-order valence-corrected chi connectivity index (χ4v) is 3.79. The third-order valence-corrected chi connectivity index (χ3v) is 5.63. The van der Waals surface area contributed by atoms with E-state index in [0.29, 0.717) is 18.3 Å². The number of rotatable bonds is 7. The van der Waals surface area contributed by atoms with Gasteiger partial charge in [0.05, 0.1) is 25.5 Å². The Hall–Kier alpha value is -2.40. The number of hydrogen-bond acceptors (Lipinski definition) is 4. The average Bonchev–Trinajstić information content (AvgIpc) is 2.82. The van der Waals surface area contributed by atoms with E-state index >= 15 is 0 Å². The molecule has 0 aliphatic heterocycles. The summed E-state index contributed by atoms with van der Waals surface area (Å²) in [4.78, 5) is 6.60. The van der Waals surface area contributed by atoms with Crippen LogP contribution in [0.1, 0.15) is 16.7 Å². The van der Waals surface area contributed by atoms with Gasteiger partial charge in [-0.05, 0) is 59.8 Å². The van der Waals surface area contributed by atoms with E-state index in [-0.39, 0.29) is 29.7 Å². The van der Waals surface area contributed by atoms with E-state index in [1.54, 1.807) is 20.3 Å². The molecule has 0 spiro atoms. The van der Waals surface area contributed by atoms with Gasteiger partial charge in [-0.25, -0.2) is 4.99 Å². The number of nitrogens with zero attached hydrogens (tertiary/aromatic N) is 2. The Morgan fingerprint density at radius 3 is 1.76 bits per heavy atom. The first kappa shape index (κ1) is 27.8. The summed E-state index contributed by atoms with van der Waals surface area (Å²) in [6, 6.07) is 20.4. The average molecular weight is 602 g/mol. The van der Waals surface area contributed by atoms with Crippen LogP contribution in [0.25, 0.3) is 0 Å². The first-order valence-corrected chi connectivity index (χ1v) is 11.4. The molecule has 0 atom stereocenters. The number of thioether (sulfide) groups is 1. The van der Waals surface area contributed by atoms with Crippen molar-refractivity contribution in [2.24, 2.45) is 4.99 Å². The summed E-state index contributed by atoms with van der Waals surface area (Å²) in [6.45, 7) is 1.04. The minimum atomic E-state index is -4.42. The van der Waals surface area contributed by atoms with Gasteiger partial charge >= 0.3 is 6.18 Å². The van der Waals surface area contributed by atoms with Gasteiger partial charge in [0.15, 0.2) is 5.17 Å². The Morgan fingerprint density at radius 2 is 1.35 bits per heavy atom. The van der Waals surface area contributed by atoms with Gasteiger partial charge in [0.1, 0.15) is 11.5 Å². The Morgan fingerprint density at radius 1 is 0.853 bits per heavy atom. The highest BCUT2D eigenvalue weighted by atomic mass is 127. The van der Waals surface area contributed by atoms with Crippen molar-refractivity contribution in [3.63, 3.8) is 0 Å². The van der Waals surface area contributed by atoms with Crippen LogP contribution in [-0.4, -0.2) is 30.5 Å². The summed E-state index contributed by atoms with van der Waals surface area (Å²) in [5, 5.41) is 0.612. The highest BCUT2D eigenvalue weighted by Crippen LogP contribution is 2.32. The van der Waals surface area contributed by atoms with Gasteiger partial charge in [-0.2, -0.15) is 13.2 Å². The third-order valence-electron chi connectivity index (χ3n) is 4.92. The summed E-state index contributed by atoms with van der Waals surface area (Å²) in [7, 11) is 3.22. The lowest BCUT2D eigenvalue weighted by Gasteiger charge is -2.26. The zero-order valence-electron chi connectivity index (χ0n) is 19.0. The number of amidine groups is 1. The van der Waals surface area contributed by atoms with Crippen molar-refractivity contribution < 1.29 is 22.6 Å². The molecule has 3 rings (SSSR count). The zero-order valence-corrected chi connectivity index (χ0v) is 22.2. The molecule has 0 unspecified atom stereocenters. The van der Waals surface area contributed by atoms with E-state index in [9.17, 15) is 13.2 Å². The monoisotopic (exact) mass is 602 g/mol. The molecular weight excluding hydrogens is 576 g/mol. The van der Waals surface area contributed by atoms with Crippen LogP contribution in [0.2, 0.25) is 0 Å². The van der Waals surface area contributed by atoms with Crippen molar-refractivity contribution in [2.45, 2.75) is 19.3 Å². The van der Waals surface area contributed by atoms with Crippen LogP contribution in [0.4, 0.5) is 18.9 Å². The summed E-state index contributed by atoms with van der Waals surface area (Å²) < 4.78 is 49.9. The lowest BCUT2D eigenvalue weighted by Crippen LogP contribution is -2.27. The lowest BCUT2D eigenvalue weighted by molar-refractivity contribution is -0.137. The van der Waals surface area contributed by atoms with Crippen LogP contribution in [0.5, 0.6) is 11.5 Å². The van der Waals surface area contributed by atoms with Gasteiger partial charge in [-0.1, -0.05) is 42.1 Å². The van der Waals surface area contributed by atoms with Crippen molar-refractivity contribution in [1.82, 2.24) is 4.90 Å². The molecule has 34 heavy (non-hydrogen) atoms. The minimum absolute atomic E-state index is 0. The maximum Gasteiger partial charge on any atom is 0.416 e. The van der Waals surface area contributed by atoms with Crippen molar-refractivity contribution in [3.8, 4) is 11.5 Å². The largest absolute Gasteiger partial charge is 0.497 e. The maximum absolute atomic E-state index is 13.2. The molecule has 0 fully saturated rings. The van der Waals surface area contributed by atoms with Crippen LogP contribution < -0.4 is 9.47 Å². The molecule has 0 bridgehead atoms. The molecule has 3 aromatic carbocycles. The van der Waals surface area contributed by atoms with Crippen LogP contribution in [0, 0.1) is 0 Å². The molecule has 0 N–H and O–H groups in total. The van der Waals surface area contributed by atoms with E-state index in [4.69, 9.17) is 9.47 Å². The van der Waals surface area contributed by atoms with Crippen LogP contribution in [-0.2, 0) is 19.3 Å². The molecular formula is C25H26F3IN2O2S. The van der Waals surface area contributed by atoms with Crippen molar-refractivity contribution in [2.75, 3.05) is 20.5 Å². The summed E-state index contributed by atoms with van der Waals surface area (Å²) in [6.07, 6.45) is -2.56. The topological polar surface area (TPSA) is 34.1 Å². The smallest absolute Gasteiger partial charge is 0.416 e. The van der Waals surface area contributed by atoms with Crippen LogP contribution in [0.3, 0.4) is 0 Å². The molecule has 182 valence electrons. The third kappa shape index (κ3) is 7.83. The molecule has 0 saturated carbocycles. The second kappa shape index (κ2) is 12.9. The fraction of sp³-hybridized carbons (Fsp3) is 0.240. The number of methoxy groups -OCH3 is 2. The van der Waals surface area contributed by atoms with E-state index in [1.807, 2.05) is 59.7 Å². The molecule has 0 heterocycles. The summed E-state index contributed by atoms with van der Waals surface area (Å²) >= 11 is 1.39. The van der Waals surface area contributed by atoms with Gasteiger partial charge in [-0.15, -0.1) is 24.0 Å². The minimum Gasteiger partial charge on any atom is -0.497 e. The second-order valence-corrected chi connectivity index (χ2v) is 7.97.